The Morgan fingerprint density at radius 1 is 1.38 bits per heavy atom. The first-order valence-corrected chi connectivity index (χ1v) is 10.1. The highest BCUT2D eigenvalue weighted by molar-refractivity contribution is 7.09. The van der Waals surface area contributed by atoms with E-state index in [1.54, 1.807) is 16.2 Å². The van der Waals surface area contributed by atoms with E-state index in [1.165, 1.54) is 22.8 Å². The molecule has 0 N–H and O–H groups in total. The van der Waals surface area contributed by atoms with Crippen LogP contribution in [0, 0.1) is 10.1 Å². The molecule has 3 heterocycles. The fourth-order valence-electron chi connectivity index (χ4n) is 3.43. The highest BCUT2D eigenvalue weighted by atomic mass is 32.1. The van der Waals surface area contributed by atoms with Gasteiger partial charge in [-0.05, 0) is 30.4 Å². The van der Waals surface area contributed by atoms with Crippen LogP contribution in [0.2, 0.25) is 0 Å². The predicted octanol–water partition coefficient (Wildman–Crippen LogP) is 2.77. The Hall–Kier alpha value is -2.98. The third kappa shape index (κ3) is 4.22. The van der Waals surface area contributed by atoms with Crippen LogP contribution in [0.3, 0.4) is 0 Å². The molecule has 0 spiro atoms. The van der Waals surface area contributed by atoms with E-state index >= 15 is 0 Å². The van der Waals surface area contributed by atoms with Crippen molar-refractivity contribution < 1.29 is 18.9 Å². The minimum Gasteiger partial charge on any atom is -0.407 e. The van der Waals surface area contributed by atoms with Crippen LogP contribution in [-0.4, -0.2) is 39.6 Å². The molecule has 1 unspecified atom stereocenters. The number of nitro groups is 1. The Labute approximate surface area is 169 Å². The van der Waals surface area contributed by atoms with Gasteiger partial charge in [-0.3, -0.25) is 19.5 Å². The molecule has 1 aromatic carbocycles. The number of hydrogen-bond acceptors (Lipinski definition) is 7. The molecule has 1 amide bonds. The molecule has 1 atom stereocenters. The van der Waals surface area contributed by atoms with Gasteiger partial charge in [-0.25, -0.2) is 4.79 Å². The Morgan fingerprint density at radius 2 is 2.24 bits per heavy atom. The third-order valence-corrected chi connectivity index (χ3v) is 5.74. The third-order valence-electron chi connectivity index (χ3n) is 4.88. The van der Waals surface area contributed by atoms with Gasteiger partial charge in [-0.2, -0.15) is 0 Å². The zero-order chi connectivity index (χ0) is 20.4. The first-order chi connectivity index (χ1) is 14.0. The van der Waals surface area contributed by atoms with Crippen LogP contribution < -0.4 is 5.76 Å². The quantitative estimate of drug-likeness (QED) is 0.432. The van der Waals surface area contributed by atoms with Gasteiger partial charge in [-0.15, -0.1) is 11.3 Å². The fraction of sp³-hybridized carbons (Fsp3) is 0.368. The van der Waals surface area contributed by atoms with Crippen molar-refractivity contribution in [3.8, 4) is 0 Å². The summed E-state index contributed by atoms with van der Waals surface area (Å²) in [6.07, 6.45) is 1.85. The fourth-order valence-corrected chi connectivity index (χ4v) is 4.15. The van der Waals surface area contributed by atoms with Crippen molar-refractivity contribution in [1.82, 2.24) is 9.47 Å². The second-order valence-electron chi connectivity index (χ2n) is 6.85. The number of fused-ring (bicyclic) bond motifs is 1. The number of rotatable bonds is 7. The molecule has 152 valence electrons. The number of oxazole rings is 1. The maximum absolute atomic E-state index is 13.1. The first kappa shape index (κ1) is 19.3. The van der Waals surface area contributed by atoms with Gasteiger partial charge in [0.25, 0.3) is 5.69 Å². The zero-order valence-electron chi connectivity index (χ0n) is 15.5. The van der Waals surface area contributed by atoms with Gasteiger partial charge in [-0.1, -0.05) is 6.07 Å². The van der Waals surface area contributed by atoms with Crippen LogP contribution >= 0.6 is 11.3 Å². The summed E-state index contributed by atoms with van der Waals surface area (Å²) in [5.74, 6) is -0.959. The normalized spacial score (nSPS) is 16.3. The largest absolute Gasteiger partial charge is 0.420 e. The summed E-state index contributed by atoms with van der Waals surface area (Å²) in [5, 5.41) is 12.9. The van der Waals surface area contributed by atoms with Gasteiger partial charge in [0.1, 0.15) is 6.54 Å². The number of ether oxygens (including phenoxy) is 1. The number of amides is 1. The molecule has 29 heavy (non-hydrogen) atoms. The topological polar surface area (TPSA) is 108 Å². The maximum Gasteiger partial charge on any atom is 0.420 e. The molecular weight excluding hydrogens is 398 g/mol. The summed E-state index contributed by atoms with van der Waals surface area (Å²) in [7, 11) is 0. The summed E-state index contributed by atoms with van der Waals surface area (Å²) in [6.45, 7) is 1.37. The minimum atomic E-state index is -0.720. The Morgan fingerprint density at radius 3 is 2.93 bits per heavy atom. The van der Waals surface area contributed by atoms with Crippen molar-refractivity contribution in [2.75, 3.05) is 13.2 Å². The molecule has 1 aliphatic rings. The first-order valence-electron chi connectivity index (χ1n) is 9.21. The lowest BCUT2D eigenvalue weighted by Gasteiger charge is -2.25. The SMILES string of the molecule is O=C(Cn1c(=O)oc2cc([N+](=O)[O-])ccc21)N(Cc1cccs1)CC1CCCO1. The second-order valence-corrected chi connectivity index (χ2v) is 7.88. The molecular formula is C19H19N3O6S. The average molecular weight is 417 g/mol. The summed E-state index contributed by atoms with van der Waals surface area (Å²) in [5.41, 5.74) is 0.255. The number of nitro benzene ring substituents is 1. The van der Waals surface area contributed by atoms with Crippen molar-refractivity contribution in [1.29, 1.82) is 0 Å². The van der Waals surface area contributed by atoms with Crippen molar-refractivity contribution >= 4 is 34.0 Å². The van der Waals surface area contributed by atoms with E-state index in [0.29, 0.717) is 25.2 Å². The van der Waals surface area contributed by atoms with E-state index < -0.39 is 10.7 Å². The van der Waals surface area contributed by atoms with Gasteiger partial charge in [0.15, 0.2) is 5.58 Å². The summed E-state index contributed by atoms with van der Waals surface area (Å²) in [6, 6.07) is 7.78. The smallest absolute Gasteiger partial charge is 0.407 e. The Kier molecular flexibility index (Phi) is 5.45. The number of non-ortho nitro benzene ring substituents is 1. The Bertz CT molecular complexity index is 1080. The van der Waals surface area contributed by atoms with E-state index in [1.807, 2.05) is 17.5 Å². The lowest BCUT2D eigenvalue weighted by atomic mass is 10.2. The van der Waals surface area contributed by atoms with Crippen molar-refractivity contribution in [3.63, 3.8) is 0 Å². The van der Waals surface area contributed by atoms with E-state index in [-0.39, 0.29) is 29.8 Å². The van der Waals surface area contributed by atoms with E-state index in [2.05, 4.69) is 0 Å². The van der Waals surface area contributed by atoms with E-state index in [0.717, 1.165) is 17.7 Å². The molecule has 9 nitrogen and oxygen atoms in total. The van der Waals surface area contributed by atoms with E-state index in [9.17, 15) is 19.7 Å². The molecule has 0 aliphatic carbocycles. The number of hydrogen-bond donors (Lipinski definition) is 0. The van der Waals surface area contributed by atoms with Crippen LogP contribution in [0.15, 0.2) is 44.9 Å². The Balaban J connectivity index is 1.58. The van der Waals surface area contributed by atoms with Crippen LogP contribution in [0.4, 0.5) is 5.69 Å². The van der Waals surface area contributed by atoms with E-state index in [4.69, 9.17) is 9.15 Å². The van der Waals surface area contributed by atoms with Crippen LogP contribution in [-0.2, 0) is 22.6 Å². The summed E-state index contributed by atoms with van der Waals surface area (Å²) < 4.78 is 12.0. The second kappa shape index (κ2) is 8.18. The number of carbonyl (C=O) groups is 1. The lowest BCUT2D eigenvalue weighted by Crippen LogP contribution is -2.39. The minimum absolute atomic E-state index is 0.0145. The van der Waals surface area contributed by atoms with Gasteiger partial charge in [0, 0.05) is 24.1 Å². The number of aromatic nitrogens is 1. The lowest BCUT2D eigenvalue weighted by molar-refractivity contribution is -0.384. The van der Waals surface area contributed by atoms with Gasteiger partial charge < -0.3 is 14.1 Å². The molecule has 2 aromatic heterocycles. The molecule has 1 fully saturated rings. The van der Waals surface area contributed by atoms with Crippen LogP contribution in [0.25, 0.3) is 11.1 Å². The molecule has 0 saturated carbocycles. The van der Waals surface area contributed by atoms with Crippen LogP contribution in [0.5, 0.6) is 0 Å². The summed E-state index contributed by atoms with van der Waals surface area (Å²) >= 11 is 1.56. The molecule has 0 radical (unpaired) electrons. The molecule has 1 aliphatic heterocycles. The highest BCUT2D eigenvalue weighted by Crippen LogP contribution is 2.21. The average Bonchev–Trinajstić information content (AvgIpc) is 3.44. The number of benzene rings is 1. The maximum atomic E-state index is 13.1. The number of carbonyl (C=O) groups excluding carboxylic acids is 1. The standard InChI is InChI=1S/C19H19N3O6S/c23-18(20(10-14-3-1-7-27-14)11-15-4-2-8-29-15)12-21-16-6-5-13(22(25)26)9-17(16)28-19(21)24/h2,4-6,8-9,14H,1,3,7,10-12H2. The van der Waals surface area contributed by atoms with Crippen molar-refractivity contribution in [3.05, 3.63) is 61.3 Å². The molecule has 3 aromatic rings. The molecule has 4 rings (SSSR count). The highest BCUT2D eigenvalue weighted by Gasteiger charge is 2.25. The predicted molar refractivity (Wildman–Crippen MR) is 106 cm³/mol. The number of nitrogens with zero attached hydrogens (tertiary/aromatic N) is 3. The van der Waals surface area contributed by atoms with Gasteiger partial charge in [0.05, 0.1) is 29.2 Å². The molecule has 1 saturated heterocycles. The van der Waals surface area contributed by atoms with Gasteiger partial charge >= 0.3 is 5.76 Å². The molecule has 10 heteroatoms. The van der Waals surface area contributed by atoms with Crippen LogP contribution in [0.1, 0.15) is 17.7 Å². The van der Waals surface area contributed by atoms with Crippen molar-refractivity contribution in [2.45, 2.75) is 32.0 Å². The van der Waals surface area contributed by atoms with Crippen molar-refractivity contribution in [2.24, 2.45) is 0 Å². The monoisotopic (exact) mass is 417 g/mol. The van der Waals surface area contributed by atoms with Gasteiger partial charge in [0.2, 0.25) is 5.91 Å². The summed E-state index contributed by atoms with van der Waals surface area (Å²) in [4.78, 5) is 38.4. The number of thiophene rings is 1. The molecule has 0 bridgehead atoms. The zero-order valence-corrected chi connectivity index (χ0v) is 16.3.